The molecule has 0 heterocycles. The minimum Gasteiger partial charge on any atom is -0.507 e. The lowest BCUT2D eigenvalue weighted by Crippen LogP contribution is -2.21. The standard InChI is InChI=1S/C14H10N2O2/c15-13-7-3-1-2-4-8(7)14(16)12-10(18)6-5-9(17)11(12)13/h1-6,15-18H. The number of benzene rings is 2. The third-order valence-electron chi connectivity index (χ3n) is 3.13. The van der Waals surface area contributed by atoms with Crippen molar-refractivity contribution >= 4 is 11.4 Å². The number of fused-ring (bicyclic) bond motifs is 2. The number of rotatable bonds is 0. The van der Waals surface area contributed by atoms with Crippen LogP contribution in [0, 0.1) is 10.8 Å². The van der Waals surface area contributed by atoms with Crippen LogP contribution in [0.5, 0.6) is 11.5 Å². The van der Waals surface area contributed by atoms with Gasteiger partial charge in [-0.2, -0.15) is 0 Å². The minimum absolute atomic E-state index is 0.0907. The van der Waals surface area contributed by atoms with E-state index in [4.69, 9.17) is 10.8 Å². The van der Waals surface area contributed by atoms with E-state index < -0.39 is 0 Å². The molecule has 2 aromatic rings. The van der Waals surface area contributed by atoms with Gasteiger partial charge in [0, 0.05) is 11.1 Å². The van der Waals surface area contributed by atoms with E-state index in [0.29, 0.717) is 11.1 Å². The summed E-state index contributed by atoms with van der Waals surface area (Å²) >= 11 is 0. The first kappa shape index (κ1) is 10.5. The molecule has 0 radical (unpaired) electrons. The summed E-state index contributed by atoms with van der Waals surface area (Å²) < 4.78 is 0. The highest BCUT2D eigenvalue weighted by atomic mass is 16.3. The fourth-order valence-electron chi connectivity index (χ4n) is 2.28. The Morgan fingerprint density at radius 1 is 0.667 bits per heavy atom. The zero-order valence-electron chi connectivity index (χ0n) is 9.36. The van der Waals surface area contributed by atoms with E-state index in [2.05, 4.69) is 0 Å². The van der Waals surface area contributed by atoms with Gasteiger partial charge in [-0.25, -0.2) is 0 Å². The van der Waals surface area contributed by atoms with Crippen LogP contribution in [0.15, 0.2) is 36.4 Å². The second-order valence-corrected chi connectivity index (χ2v) is 4.15. The molecule has 0 saturated heterocycles. The van der Waals surface area contributed by atoms with Crippen LogP contribution < -0.4 is 0 Å². The van der Waals surface area contributed by atoms with Gasteiger partial charge in [0.25, 0.3) is 0 Å². The fourth-order valence-corrected chi connectivity index (χ4v) is 2.28. The highest BCUT2D eigenvalue weighted by molar-refractivity contribution is 6.31. The third-order valence-corrected chi connectivity index (χ3v) is 3.13. The second kappa shape index (κ2) is 3.43. The molecule has 1 aliphatic carbocycles. The molecule has 0 saturated carbocycles. The Hall–Kier alpha value is -2.62. The van der Waals surface area contributed by atoms with Gasteiger partial charge in [-0.3, -0.25) is 10.8 Å². The molecule has 0 unspecified atom stereocenters. The lowest BCUT2D eigenvalue weighted by Gasteiger charge is -2.22. The van der Waals surface area contributed by atoms with Gasteiger partial charge in [0.05, 0.1) is 22.6 Å². The molecule has 88 valence electrons. The van der Waals surface area contributed by atoms with Gasteiger partial charge in [-0.1, -0.05) is 24.3 Å². The Morgan fingerprint density at radius 2 is 1.06 bits per heavy atom. The van der Waals surface area contributed by atoms with Crippen molar-refractivity contribution < 1.29 is 10.2 Å². The molecule has 3 rings (SSSR count). The van der Waals surface area contributed by atoms with Gasteiger partial charge in [0.1, 0.15) is 11.5 Å². The molecule has 18 heavy (non-hydrogen) atoms. The molecular weight excluding hydrogens is 228 g/mol. The van der Waals surface area contributed by atoms with Crippen molar-refractivity contribution in [1.82, 2.24) is 0 Å². The average Bonchev–Trinajstić information content (AvgIpc) is 2.38. The lowest BCUT2D eigenvalue weighted by atomic mass is 9.82. The maximum absolute atomic E-state index is 9.85. The number of phenolic OH excluding ortho intramolecular Hbond substituents is 2. The van der Waals surface area contributed by atoms with Crippen molar-refractivity contribution in [3.63, 3.8) is 0 Å². The van der Waals surface area contributed by atoms with E-state index in [9.17, 15) is 10.2 Å². The maximum Gasteiger partial charge on any atom is 0.125 e. The smallest absolute Gasteiger partial charge is 0.125 e. The van der Waals surface area contributed by atoms with E-state index in [1.165, 1.54) is 12.1 Å². The van der Waals surface area contributed by atoms with Crippen molar-refractivity contribution in [3.05, 3.63) is 58.7 Å². The molecule has 1 aliphatic rings. The van der Waals surface area contributed by atoms with E-state index in [1.807, 2.05) is 0 Å². The van der Waals surface area contributed by atoms with Crippen LogP contribution in [-0.2, 0) is 0 Å². The van der Waals surface area contributed by atoms with Crippen molar-refractivity contribution in [2.45, 2.75) is 0 Å². The van der Waals surface area contributed by atoms with Gasteiger partial charge in [-0.15, -0.1) is 0 Å². The normalized spacial score (nSPS) is 13.1. The summed E-state index contributed by atoms with van der Waals surface area (Å²) in [6.45, 7) is 0. The molecule has 0 atom stereocenters. The van der Waals surface area contributed by atoms with Gasteiger partial charge < -0.3 is 10.2 Å². The third kappa shape index (κ3) is 1.20. The summed E-state index contributed by atoms with van der Waals surface area (Å²) in [5.41, 5.74) is 1.89. The van der Waals surface area contributed by atoms with Crippen molar-refractivity contribution in [2.75, 3.05) is 0 Å². The summed E-state index contributed by atoms with van der Waals surface area (Å²) in [6.07, 6.45) is 0. The summed E-state index contributed by atoms with van der Waals surface area (Å²) in [4.78, 5) is 0. The quantitative estimate of drug-likeness (QED) is 0.452. The van der Waals surface area contributed by atoms with E-state index in [1.54, 1.807) is 24.3 Å². The number of hydrogen-bond acceptors (Lipinski definition) is 4. The highest BCUT2D eigenvalue weighted by Gasteiger charge is 2.29. The summed E-state index contributed by atoms with van der Waals surface area (Å²) in [5, 5.41) is 35.9. The Kier molecular flexibility index (Phi) is 2.01. The first-order valence-electron chi connectivity index (χ1n) is 5.44. The molecule has 0 spiro atoms. The van der Waals surface area contributed by atoms with Crippen LogP contribution in [0.1, 0.15) is 22.3 Å². The zero-order chi connectivity index (χ0) is 12.9. The lowest BCUT2D eigenvalue weighted by molar-refractivity contribution is 0.458. The first-order valence-corrected chi connectivity index (χ1v) is 5.44. The van der Waals surface area contributed by atoms with E-state index in [-0.39, 0.29) is 34.0 Å². The van der Waals surface area contributed by atoms with Crippen LogP contribution >= 0.6 is 0 Å². The SMILES string of the molecule is N=C1c2ccccc2C(=N)c2c(O)ccc(O)c21. The summed E-state index contributed by atoms with van der Waals surface area (Å²) in [6, 6.07) is 9.71. The molecule has 4 nitrogen and oxygen atoms in total. The largest absolute Gasteiger partial charge is 0.507 e. The topological polar surface area (TPSA) is 88.2 Å². The molecular formula is C14H10N2O2. The van der Waals surface area contributed by atoms with Crippen LogP contribution in [0.25, 0.3) is 0 Å². The molecule has 0 aliphatic heterocycles. The van der Waals surface area contributed by atoms with Crippen LogP contribution in [0.2, 0.25) is 0 Å². The van der Waals surface area contributed by atoms with Crippen molar-refractivity contribution in [3.8, 4) is 11.5 Å². The van der Waals surface area contributed by atoms with Gasteiger partial charge in [-0.05, 0) is 12.1 Å². The number of nitrogens with one attached hydrogen (secondary N) is 2. The highest BCUT2D eigenvalue weighted by Crippen LogP contribution is 2.37. The molecule has 0 bridgehead atoms. The molecule has 0 amide bonds. The van der Waals surface area contributed by atoms with Gasteiger partial charge >= 0.3 is 0 Å². The Bertz CT molecular complexity index is 645. The van der Waals surface area contributed by atoms with Crippen LogP contribution in [0.3, 0.4) is 0 Å². The Labute approximate surface area is 103 Å². The van der Waals surface area contributed by atoms with Gasteiger partial charge in [0.15, 0.2) is 0 Å². The van der Waals surface area contributed by atoms with Crippen LogP contribution in [0.4, 0.5) is 0 Å². The van der Waals surface area contributed by atoms with Crippen molar-refractivity contribution in [1.29, 1.82) is 10.8 Å². The van der Waals surface area contributed by atoms with E-state index >= 15 is 0 Å². The van der Waals surface area contributed by atoms with Crippen LogP contribution in [-0.4, -0.2) is 21.6 Å². The minimum atomic E-state index is -0.0907. The molecule has 0 aromatic heterocycles. The maximum atomic E-state index is 9.85. The molecule has 4 heteroatoms. The predicted octanol–water partition coefficient (Wildman–Crippen LogP) is 2.24. The number of hydrogen-bond donors (Lipinski definition) is 4. The van der Waals surface area contributed by atoms with Crippen molar-refractivity contribution in [2.24, 2.45) is 0 Å². The van der Waals surface area contributed by atoms with Gasteiger partial charge in [0.2, 0.25) is 0 Å². The number of aromatic hydroxyl groups is 2. The monoisotopic (exact) mass is 238 g/mol. The average molecular weight is 238 g/mol. The fraction of sp³-hybridized carbons (Fsp3) is 0. The zero-order valence-corrected chi connectivity index (χ0v) is 9.36. The Morgan fingerprint density at radius 3 is 1.44 bits per heavy atom. The molecule has 0 fully saturated rings. The summed E-state index contributed by atoms with van der Waals surface area (Å²) in [5.74, 6) is -0.181. The Balaban J connectivity index is 2.41. The molecule has 4 N–H and O–H groups in total. The first-order chi connectivity index (χ1) is 8.61. The van der Waals surface area contributed by atoms with E-state index in [0.717, 1.165) is 0 Å². The molecule has 2 aromatic carbocycles. The predicted molar refractivity (Wildman–Crippen MR) is 68.1 cm³/mol. The summed E-state index contributed by atoms with van der Waals surface area (Å²) in [7, 11) is 0. The second-order valence-electron chi connectivity index (χ2n) is 4.15. The number of phenols is 2.